The normalized spacial score (nSPS) is 23.1. The van der Waals surface area contributed by atoms with E-state index in [4.69, 9.17) is 9.47 Å². The molecule has 0 radical (unpaired) electrons. The van der Waals surface area contributed by atoms with Gasteiger partial charge in [-0.2, -0.15) is 0 Å². The molecule has 0 heterocycles. The number of rotatable bonds is 6. The zero-order valence-corrected chi connectivity index (χ0v) is 13.7. The van der Waals surface area contributed by atoms with Crippen LogP contribution in [0.1, 0.15) is 54.4 Å². The first-order valence-electron chi connectivity index (χ1n) is 7.47. The van der Waals surface area contributed by atoms with Crippen molar-refractivity contribution in [2.45, 2.75) is 77.7 Å². The second-order valence-corrected chi connectivity index (χ2v) is 7.14. The Balaban J connectivity index is 2.23. The molecule has 1 amide bonds. The maximum atomic E-state index is 11.8. The van der Waals surface area contributed by atoms with Crippen LogP contribution < -0.4 is 10.6 Å². The molecule has 0 aliphatic heterocycles. The number of nitrogens with one attached hydrogen (secondary N) is 2. The van der Waals surface area contributed by atoms with Crippen molar-refractivity contribution in [2.75, 3.05) is 13.2 Å². The summed E-state index contributed by atoms with van der Waals surface area (Å²) in [5, 5.41) is 6.36. The third kappa shape index (κ3) is 6.57. The summed E-state index contributed by atoms with van der Waals surface area (Å²) < 4.78 is 10.8. The molecule has 5 heteroatoms. The smallest absolute Gasteiger partial charge is 0.408 e. The Morgan fingerprint density at radius 2 is 1.80 bits per heavy atom. The van der Waals surface area contributed by atoms with E-state index in [0.29, 0.717) is 12.1 Å². The van der Waals surface area contributed by atoms with Crippen LogP contribution >= 0.6 is 0 Å². The molecule has 0 saturated heterocycles. The van der Waals surface area contributed by atoms with E-state index >= 15 is 0 Å². The Morgan fingerprint density at radius 3 is 2.30 bits per heavy atom. The van der Waals surface area contributed by atoms with Gasteiger partial charge in [0.05, 0.1) is 11.6 Å². The van der Waals surface area contributed by atoms with E-state index in [1.54, 1.807) is 0 Å². The zero-order valence-electron chi connectivity index (χ0n) is 13.7. The molecule has 0 spiro atoms. The van der Waals surface area contributed by atoms with Gasteiger partial charge in [0.25, 0.3) is 0 Å². The van der Waals surface area contributed by atoms with Gasteiger partial charge in [-0.05, 0) is 54.4 Å². The van der Waals surface area contributed by atoms with E-state index in [0.717, 1.165) is 26.0 Å². The highest BCUT2D eigenvalue weighted by Crippen LogP contribution is 2.23. The average molecular weight is 286 g/mol. The van der Waals surface area contributed by atoms with Crippen LogP contribution in [-0.4, -0.2) is 42.5 Å². The number of carbonyl (C=O) groups excluding carboxylic acids is 1. The van der Waals surface area contributed by atoms with Crippen LogP contribution in [-0.2, 0) is 9.47 Å². The third-order valence-corrected chi connectivity index (χ3v) is 3.17. The van der Waals surface area contributed by atoms with Gasteiger partial charge in [0.2, 0.25) is 0 Å². The number of carbonyl (C=O) groups is 1. The van der Waals surface area contributed by atoms with Gasteiger partial charge < -0.3 is 20.1 Å². The number of ether oxygens (including phenoxy) is 2. The number of alkyl carbamates (subject to hydrolysis) is 1. The lowest BCUT2D eigenvalue weighted by Gasteiger charge is -2.38. The van der Waals surface area contributed by atoms with Crippen LogP contribution in [0.5, 0.6) is 0 Å². The molecule has 118 valence electrons. The van der Waals surface area contributed by atoms with Gasteiger partial charge in [-0.1, -0.05) is 0 Å². The number of hydrogen-bond acceptors (Lipinski definition) is 4. The summed E-state index contributed by atoms with van der Waals surface area (Å²) in [5.41, 5.74) is -0.800. The van der Waals surface area contributed by atoms with Crippen LogP contribution in [0.2, 0.25) is 0 Å². The predicted octanol–water partition coefficient (Wildman–Crippen LogP) is 2.45. The van der Waals surface area contributed by atoms with Gasteiger partial charge in [0, 0.05) is 19.2 Å². The second kappa shape index (κ2) is 6.76. The topological polar surface area (TPSA) is 59.6 Å². The molecule has 1 fully saturated rings. The Bertz CT molecular complexity index is 318. The summed E-state index contributed by atoms with van der Waals surface area (Å²) in [5.74, 6) is 0. The molecule has 1 aliphatic carbocycles. The molecule has 0 aromatic carbocycles. The molecule has 1 saturated carbocycles. The fourth-order valence-corrected chi connectivity index (χ4v) is 2.13. The molecule has 5 nitrogen and oxygen atoms in total. The highest BCUT2D eigenvalue weighted by Gasteiger charge is 2.31. The highest BCUT2D eigenvalue weighted by molar-refractivity contribution is 5.68. The monoisotopic (exact) mass is 286 g/mol. The first-order chi connectivity index (χ1) is 9.11. The lowest BCUT2D eigenvalue weighted by Crippen LogP contribution is -2.56. The second-order valence-electron chi connectivity index (χ2n) is 7.14. The van der Waals surface area contributed by atoms with Gasteiger partial charge in [-0.25, -0.2) is 4.79 Å². The molecule has 0 bridgehead atoms. The Morgan fingerprint density at radius 1 is 1.20 bits per heavy atom. The van der Waals surface area contributed by atoms with E-state index in [2.05, 4.69) is 10.6 Å². The molecular formula is C15H30N2O3. The van der Waals surface area contributed by atoms with Crippen LogP contribution in [0.3, 0.4) is 0 Å². The van der Waals surface area contributed by atoms with Crippen molar-refractivity contribution in [3.8, 4) is 0 Å². The minimum Gasteiger partial charge on any atom is -0.444 e. The fraction of sp³-hybridized carbons (Fsp3) is 0.933. The summed E-state index contributed by atoms with van der Waals surface area (Å²) in [6.07, 6.45) is 2.14. The van der Waals surface area contributed by atoms with Crippen LogP contribution in [0, 0.1) is 0 Å². The van der Waals surface area contributed by atoms with Crippen molar-refractivity contribution in [1.82, 2.24) is 10.6 Å². The number of amides is 1. The maximum absolute atomic E-state index is 11.8. The largest absolute Gasteiger partial charge is 0.444 e. The lowest BCUT2D eigenvalue weighted by atomic mass is 9.88. The van der Waals surface area contributed by atoms with E-state index < -0.39 is 5.60 Å². The fourth-order valence-electron chi connectivity index (χ4n) is 2.13. The van der Waals surface area contributed by atoms with Crippen molar-refractivity contribution in [3.05, 3.63) is 0 Å². The van der Waals surface area contributed by atoms with Crippen molar-refractivity contribution in [2.24, 2.45) is 0 Å². The third-order valence-electron chi connectivity index (χ3n) is 3.17. The summed E-state index contributed by atoms with van der Waals surface area (Å²) in [6.45, 7) is 13.1. The Labute approximate surface area is 122 Å². The van der Waals surface area contributed by atoms with E-state index in [9.17, 15) is 4.79 Å². The maximum Gasteiger partial charge on any atom is 0.408 e. The zero-order chi connectivity index (χ0) is 15.4. The molecule has 0 unspecified atom stereocenters. The average Bonchev–Trinajstić information content (AvgIpc) is 2.17. The van der Waals surface area contributed by atoms with Crippen LogP contribution in [0.25, 0.3) is 0 Å². The van der Waals surface area contributed by atoms with Crippen molar-refractivity contribution in [3.63, 3.8) is 0 Å². The summed E-state index contributed by atoms with van der Waals surface area (Å²) in [6, 6.07) is 0.492. The molecule has 1 rings (SSSR count). The van der Waals surface area contributed by atoms with Crippen LogP contribution in [0.4, 0.5) is 4.79 Å². The molecule has 0 aromatic rings. The van der Waals surface area contributed by atoms with Crippen LogP contribution in [0.15, 0.2) is 0 Å². The molecule has 0 atom stereocenters. The van der Waals surface area contributed by atoms with Crippen molar-refractivity contribution >= 4 is 6.09 Å². The molecule has 20 heavy (non-hydrogen) atoms. The lowest BCUT2D eigenvalue weighted by molar-refractivity contribution is -0.0113. The summed E-state index contributed by atoms with van der Waals surface area (Å²) in [4.78, 5) is 11.8. The van der Waals surface area contributed by atoms with Gasteiger partial charge >= 0.3 is 6.09 Å². The minimum absolute atomic E-state index is 0.334. The molecule has 2 N–H and O–H groups in total. The molecule has 0 aromatic heterocycles. The molecular weight excluding hydrogens is 256 g/mol. The summed E-state index contributed by atoms with van der Waals surface area (Å²) >= 11 is 0. The van der Waals surface area contributed by atoms with Gasteiger partial charge in [-0.3, -0.25) is 0 Å². The standard InChI is InChI=1S/C15H30N2O3/c1-7-19-12-8-11(9-12)16-10-15(5,6)17-13(18)20-14(2,3)4/h11-12,16H,7-10H2,1-6H3,(H,17,18). The number of hydrogen-bond donors (Lipinski definition) is 2. The van der Waals surface area contributed by atoms with Gasteiger partial charge in [0.15, 0.2) is 0 Å². The quantitative estimate of drug-likeness (QED) is 0.787. The van der Waals surface area contributed by atoms with E-state index in [1.165, 1.54) is 0 Å². The molecule has 1 aliphatic rings. The minimum atomic E-state index is -0.466. The van der Waals surface area contributed by atoms with Gasteiger partial charge in [0.1, 0.15) is 5.60 Å². The SMILES string of the molecule is CCOC1CC(NCC(C)(C)NC(=O)OC(C)(C)C)C1. The first-order valence-corrected chi connectivity index (χ1v) is 7.47. The van der Waals surface area contributed by atoms with E-state index in [-0.39, 0.29) is 11.6 Å². The highest BCUT2D eigenvalue weighted by atomic mass is 16.6. The first kappa shape index (κ1) is 17.2. The summed E-state index contributed by atoms with van der Waals surface area (Å²) in [7, 11) is 0. The van der Waals surface area contributed by atoms with Crippen molar-refractivity contribution in [1.29, 1.82) is 0 Å². The van der Waals surface area contributed by atoms with Crippen molar-refractivity contribution < 1.29 is 14.3 Å². The Kier molecular flexibility index (Phi) is 5.83. The van der Waals surface area contributed by atoms with E-state index in [1.807, 2.05) is 41.5 Å². The van der Waals surface area contributed by atoms with Gasteiger partial charge in [-0.15, -0.1) is 0 Å². The predicted molar refractivity (Wildman–Crippen MR) is 79.9 cm³/mol. The Hall–Kier alpha value is -0.810.